The Morgan fingerprint density at radius 2 is 1.44 bits per heavy atom. The first-order chi connectivity index (χ1) is 7.54. The number of hydrogen-bond donors (Lipinski definition) is 0. The van der Waals surface area contributed by atoms with E-state index in [9.17, 15) is 9.59 Å². The number of carbonyl (C=O) groups excluding carboxylic acids is 2. The Balaban J connectivity index is 2.77. The summed E-state index contributed by atoms with van der Waals surface area (Å²) in [6.07, 6.45) is 1.53. The topological polar surface area (TPSA) is 34.1 Å². The average molecular weight is 218 g/mol. The van der Waals surface area contributed by atoms with Crippen LogP contribution in [-0.4, -0.2) is 11.6 Å². The number of Topliss-reactive ketones (excluding diaryl/α,β-unsaturated/α-hetero) is 2. The van der Waals surface area contributed by atoms with E-state index in [1.165, 1.54) is 19.4 Å². The second-order valence-electron chi connectivity index (χ2n) is 4.15. The Kier molecular flexibility index (Phi) is 4.41. The Morgan fingerprint density at radius 1 is 1.00 bits per heavy atom. The van der Waals surface area contributed by atoms with Crippen molar-refractivity contribution in [1.82, 2.24) is 0 Å². The second-order valence-corrected chi connectivity index (χ2v) is 4.15. The van der Waals surface area contributed by atoms with Crippen molar-refractivity contribution in [3.63, 3.8) is 0 Å². The molecule has 0 atom stereocenters. The minimum atomic E-state index is -0.479. The number of benzene rings is 1. The molecule has 2 heteroatoms. The summed E-state index contributed by atoms with van der Waals surface area (Å²) in [6.45, 7) is 5.06. The van der Waals surface area contributed by atoms with Crippen LogP contribution >= 0.6 is 0 Å². The summed E-state index contributed by atoms with van der Waals surface area (Å²) < 4.78 is 0. The van der Waals surface area contributed by atoms with Crippen LogP contribution in [-0.2, 0) is 22.4 Å². The van der Waals surface area contributed by atoms with E-state index in [1.807, 2.05) is 24.3 Å². The molecule has 1 aromatic carbocycles. The van der Waals surface area contributed by atoms with E-state index in [2.05, 4.69) is 6.92 Å². The van der Waals surface area contributed by atoms with Crippen molar-refractivity contribution >= 4 is 11.6 Å². The van der Waals surface area contributed by atoms with Crippen LogP contribution in [0.4, 0.5) is 0 Å². The summed E-state index contributed by atoms with van der Waals surface area (Å²) in [5.74, 6) is -0.577. The standard InChI is InChI=1S/C14H18O2/c1-4-12-5-7-13(8-6-12)9-14(10(2)15)11(3)16/h5-8,14H,4,9H2,1-3H3. The highest BCUT2D eigenvalue weighted by Crippen LogP contribution is 2.12. The Bertz CT molecular complexity index is 362. The third kappa shape index (κ3) is 3.30. The van der Waals surface area contributed by atoms with E-state index in [0.29, 0.717) is 6.42 Å². The smallest absolute Gasteiger partial charge is 0.140 e. The fourth-order valence-corrected chi connectivity index (χ4v) is 1.72. The van der Waals surface area contributed by atoms with Gasteiger partial charge in [-0.3, -0.25) is 9.59 Å². The molecule has 0 aliphatic heterocycles. The van der Waals surface area contributed by atoms with E-state index in [4.69, 9.17) is 0 Å². The number of hydrogen-bond acceptors (Lipinski definition) is 2. The Labute approximate surface area is 96.7 Å². The lowest BCUT2D eigenvalue weighted by atomic mass is 9.92. The SMILES string of the molecule is CCc1ccc(CC(C(C)=O)C(C)=O)cc1. The molecular formula is C14H18O2. The second kappa shape index (κ2) is 5.59. The largest absolute Gasteiger partial charge is 0.299 e. The molecule has 0 fully saturated rings. The van der Waals surface area contributed by atoms with Gasteiger partial charge in [-0.2, -0.15) is 0 Å². The van der Waals surface area contributed by atoms with Gasteiger partial charge in [-0.15, -0.1) is 0 Å². The molecule has 0 aliphatic rings. The predicted octanol–water partition coefficient (Wildman–Crippen LogP) is 2.59. The van der Waals surface area contributed by atoms with E-state index in [0.717, 1.165) is 12.0 Å². The molecule has 0 unspecified atom stereocenters. The van der Waals surface area contributed by atoms with E-state index in [1.54, 1.807) is 0 Å². The fraction of sp³-hybridized carbons (Fsp3) is 0.429. The minimum Gasteiger partial charge on any atom is -0.299 e. The van der Waals surface area contributed by atoms with Crippen molar-refractivity contribution in [3.05, 3.63) is 35.4 Å². The van der Waals surface area contributed by atoms with Gasteiger partial charge in [-0.25, -0.2) is 0 Å². The maximum absolute atomic E-state index is 11.3. The number of ketones is 2. The molecule has 0 saturated heterocycles. The van der Waals surface area contributed by atoms with Crippen molar-refractivity contribution in [1.29, 1.82) is 0 Å². The van der Waals surface area contributed by atoms with Gasteiger partial charge < -0.3 is 0 Å². The van der Waals surface area contributed by atoms with Crippen molar-refractivity contribution in [2.45, 2.75) is 33.6 Å². The maximum Gasteiger partial charge on any atom is 0.140 e. The summed E-state index contributed by atoms with van der Waals surface area (Å²) in [4.78, 5) is 22.6. The van der Waals surface area contributed by atoms with Crippen LogP contribution in [0.25, 0.3) is 0 Å². The lowest BCUT2D eigenvalue weighted by molar-refractivity contribution is -0.130. The monoisotopic (exact) mass is 218 g/mol. The molecule has 2 nitrogen and oxygen atoms in total. The molecular weight excluding hydrogens is 200 g/mol. The van der Waals surface area contributed by atoms with Crippen LogP contribution in [0.5, 0.6) is 0 Å². The number of rotatable bonds is 5. The van der Waals surface area contributed by atoms with Crippen LogP contribution in [0.3, 0.4) is 0 Å². The first-order valence-electron chi connectivity index (χ1n) is 5.63. The predicted molar refractivity (Wildman–Crippen MR) is 64.4 cm³/mol. The molecule has 0 spiro atoms. The molecule has 86 valence electrons. The van der Waals surface area contributed by atoms with Gasteiger partial charge in [0, 0.05) is 0 Å². The van der Waals surface area contributed by atoms with E-state index >= 15 is 0 Å². The average Bonchev–Trinajstić information content (AvgIpc) is 2.25. The third-order valence-electron chi connectivity index (χ3n) is 2.85. The van der Waals surface area contributed by atoms with Gasteiger partial charge in [-0.1, -0.05) is 31.2 Å². The summed E-state index contributed by atoms with van der Waals surface area (Å²) >= 11 is 0. The highest BCUT2D eigenvalue weighted by Gasteiger charge is 2.19. The van der Waals surface area contributed by atoms with Crippen molar-refractivity contribution < 1.29 is 9.59 Å². The Hall–Kier alpha value is -1.44. The quantitative estimate of drug-likeness (QED) is 0.712. The lowest BCUT2D eigenvalue weighted by Gasteiger charge is -2.10. The molecule has 0 aromatic heterocycles. The normalized spacial score (nSPS) is 10.5. The number of aryl methyl sites for hydroxylation is 1. The summed E-state index contributed by atoms with van der Waals surface area (Å²) in [6, 6.07) is 8.09. The molecule has 0 bridgehead atoms. The first kappa shape index (κ1) is 12.6. The molecule has 0 amide bonds. The highest BCUT2D eigenvalue weighted by molar-refractivity contribution is 6.00. The fourth-order valence-electron chi connectivity index (χ4n) is 1.72. The molecule has 1 aromatic rings. The first-order valence-corrected chi connectivity index (χ1v) is 5.63. The Morgan fingerprint density at radius 3 is 1.81 bits per heavy atom. The molecule has 0 N–H and O–H groups in total. The highest BCUT2D eigenvalue weighted by atomic mass is 16.1. The van der Waals surface area contributed by atoms with Gasteiger partial charge in [-0.05, 0) is 37.8 Å². The van der Waals surface area contributed by atoms with Crippen molar-refractivity contribution in [2.75, 3.05) is 0 Å². The lowest BCUT2D eigenvalue weighted by Crippen LogP contribution is -2.21. The van der Waals surface area contributed by atoms with Gasteiger partial charge >= 0.3 is 0 Å². The summed E-state index contributed by atoms with van der Waals surface area (Å²) in [5, 5.41) is 0. The molecule has 16 heavy (non-hydrogen) atoms. The van der Waals surface area contributed by atoms with Gasteiger partial charge in [0.25, 0.3) is 0 Å². The van der Waals surface area contributed by atoms with Crippen LogP contribution in [0.1, 0.15) is 31.9 Å². The van der Waals surface area contributed by atoms with Crippen molar-refractivity contribution in [3.8, 4) is 0 Å². The molecule has 0 heterocycles. The zero-order valence-corrected chi connectivity index (χ0v) is 10.1. The van der Waals surface area contributed by atoms with E-state index < -0.39 is 5.92 Å². The molecule has 0 saturated carbocycles. The van der Waals surface area contributed by atoms with Gasteiger partial charge in [0.05, 0.1) is 5.92 Å². The zero-order valence-electron chi connectivity index (χ0n) is 10.1. The number of carbonyl (C=O) groups is 2. The van der Waals surface area contributed by atoms with Crippen LogP contribution in [0, 0.1) is 5.92 Å². The minimum absolute atomic E-state index is 0.0490. The summed E-state index contributed by atoms with van der Waals surface area (Å²) in [5.41, 5.74) is 2.32. The van der Waals surface area contributed by atoms with E-state index in [-0.39, 0.29) is 11.6 Å². The van der Waals surface area contributed by atoms with Crippen molar-refractivity contribution in [2.24, 2.45) is 5.92 Å². The van der Waals surface area contributed by atoms with Crippen LogP contribution in [0.2, 0.25) is 0 Å². The van der Waals surface area contributed by atoms with Gasteiger partial charge in [0.2, 0.25) is 0 Å². The molecule has 1 rings (SSSR count). The van der Waals surface area contributed by atoms with Gasteiger partial charge in [0.15, 0.2) is 0 Å². The zero-order chi connectivity index (χ0) is 12.1. The van der Waals surface area contributed by atoms with Gasteiger partial charge in [0.1, 0.15) is 11.6 Å². The third-order valence-corrected chi connectivity index (χ3v) is 2.85. The molecule has 0 aliphatic carbocycles. The van der Waals surface area contributed by atoms with Crippen LogP contribution < -0.4 is 0 Å². The maximum atomic E-state index is 11.3. The van der Waals surface area contributed by atoms with Crippen LogP contribution in [0.15, 0.2) is 24.3 Å². The molecule has 0 radical (unpaired) electrons. The summed E-state index contributed by atoms with van der Waals surface area (Å²) in [7, 11) is 0.